The normalized spacial score (nSPS) is 27.7. The van der Waals surface area contributed by atoms with E-state index in [2.05, 4.69) is 9.88 Å². The van der Waals surface area contributed by atoms with Crippen molar-refractivity contribution in [2.24, 2.45) is 11.7 Å². The Morgan fingerprint density at radius 3 is 2.14 bits per heavy atom. The molecule has 22 heavy (non-hydrogen) atoms. The lowest BCUT2D eigenvalue weighted by molar-refractivity contribution is -0.0877. The van der Waals surface area contributed by atoms with Crippen molar-refractivity contribution in [1.82, 2.24) is 9.88 Å². The molecule has 0 amide bonds. The van der Waals surface area contributed by atoms with Gasteiger partial charge in [-0.05, 0) is 37.8 Å². The van der Waals surface area contributed by atoms with Crippen LogP contribution in [0.25, 0.3) is 0 Å². The summed E-state index contributed by atoms with van der Waals surface area (Å²) in [7, 11) is 0. The van der Waals surface area contributed by atoms with Crippen LogP contribution in [0.5, 0.6) is 0 Å². The summed E-state index contributed by atoms with van der Waals surface area (Å²) < 4.78 is 29.4. The summed E-state index contributed by atoms with van der Waals surface area (Å²) >= 11 is 11.5. The first-order valence-corrected chi connectivity index (χ1v) is 8.33. The highest BCUT2D eigenvalue weighted by Crippen LogP contribution is 2.45. The summed E-state index contributed by atoms with van der Waals surface area (Å²) in [5.74, 6) is -3.60. The van der Waals surface area contributed by atoms with Crippen molar-refractivity contribution in [2.75, 3.05) is 13.1 Å². The van der Waals surface area contributed by atoms with Crippen molar-refractivity contribution >= 4 is 23.2 Å². The molecule has 2 fully saturated rings. The molecule has 1 saturated heterocycles. The Kier molecular flexibility index (Phi) is 4.61. The zero-order chi connectivity index (χ0) is 15.9. The molecular weight excluding hydrogens is 331 g/mol. The van der Waals surface area contributed by atoms with E-state index in [1.54, 1.807) is 0 Å². The monoisotopic (exact) mass is 349 g/mol. The molecule has 1 aliphatic carbocycles. The standard InChI is InChI=1S/C15H19Cl2F2N3/c16-13-5-10(6-14(17)21-13)15(18,19)9-1-3-12(4-2-9)22-7-11(20)8-22/h5-6,9,11-12H,1-4,7-8,20H2. The third-order valence-corrected chi connectivity index (χ3v) is 5.20. The van der Waals surface area contributed by atoms with Crippen LogP contribution in [-0.2, 0) is 5.92 Å². The van der Waals surface area contributed by atoms with Crippen molar-refractivity contribution in [3.05, 3.63) is 28.0 Å². The molecule has 0 aromatic carbocycles. The van der Waals surface area contributed by atoms with Gasteiger partial charge in [-0.2, -0.15) is 0 Å². The van der Waals surface area contributed by atoms with Crippen LogP contribution >= 0.6 is 23.2 Å². The molecule has 7 heteroatoms. The maximum absolute atomic E-state index is 14.7. The summed E-state index contributed by atoms with van der Waals surface area (Å²) in [6, 6.07) is 3.08. The summed E-state index contributed by atoms with van der Waals surface area (Å²) in [6.07, 6.45) is 2.58. The molecule has 2 N–H and O–H groups in total. The highest BCUT2D eigenvalue weighted by molar-refractivity contribution is 6.32. The summed E-state index contributed by atoms with van der Waals surface area (Å²) in [4.78, 5) is 6.04. The molecule has 2 aliphatic rings. The first kappa shape index (κ1) is 16.4. The second-order valence-electron chi connectivity index (χ2n) is 6.34. The predicted octanol–water partition coefficient (Wildman–Crippen LogP) is 3.68. The minimum atomic E-state index is -2.92. The first-order valence-electron chi connectivity index (χ1n) is 7.57. The van der Waals surface area contributed by atoms with Crippen LogP contribution in [0.1, 0.15) is 31.2 Å². The topological polar surface area (TPSA) is 42.1 Å². The van der Waals surface area contributed by atoms with Crippen LogP contribution in [0.2, 0.25) is 10.3 Å². The van der Waals surface area contributed by atoms with E-state index in [4.69, 9.17) is 28.9 Å². The first-order chi connectivity index (χ1) is 10.4. The van der Waals surface area contributed by atoms with Gasteiger partial charge in [0.2, 0.25) is 0 Å². The van der Waals surface area contributed by atoms with E-state index in [0.717, 1.165) is 25.9 Å². The second-order valence-corrected chi connectivity index (χ2v) is 7.12. The quantitative estimate of drug-likeness (QED) is 0.846. The van der Waals surface area contributed by atoms with Gasteiger partial charge in [0.25, 0.3) is 5.92 Å². The number of pyridine rings is 1. The van der Waals surface area contributed by atoms with E-state index < -0.39 is 11.8 Å². The molecule has 122 valence electrons. The van der Waals surface area contributed by atoms with Gasteiger partial charge in [0.15, 0.2) is 0 Å². The SMILES string of the molecule is NC1CN(C2CCC(C(F)(F)c3cc(Cl)nc(Cl)c3)CC2)C1. The number of aromatic nitrogens is 1. The summed E-state index contributed by atoms with van der Waals surface area (Å²) in [5.41, 5.74) is 5.65. The maximum Gasteiger partial charge on any atom is 0.276 e. The molecule has 1 aliphatic heterocycles. The van der Waals surface area contributed by atoms with Gasteiger partial charge in [-0.3, -0.25) is 4.90 Å². The van der Waals surface area contributed by atoms with Crippen LogP contribution in [0.3, 0.4) is 0 Å². The van der Waals surface area contributed by atoms with Gasteiger partial charge in [0.1, 0.15) is 10.3 Å². The Balaban J connectivity index is 1.66. The van der Waals surface area contributed by atoms with Gasteiger partial charge >= 0.3 is 0 Å². The molecule has 1 saturated carbocycles. The van der Waals surface area contributed by atoms with E-state index in [1.807, 2.05) is 0 Å². The molecule has 2 heterocycles. The third kappa shape index (κ3) is 3.23. The largest absolute Gasteiger partial charge is 0.325 e. The molecule has 0 spiro atoms. The number of halogens is 4. The molecule has 3 nitrogen and oxygen atoms in total. The van der Waals surface area contributed by atoms with E-state index >= 15 is 0 Å². The van der Waals surface area contributed by atoms with Crippen LogP contribution < -0.4 is 5.73 Å². The van der Waals surface area contributed by atoms with Crippen LogP contribution in [0.4, 0.5) is 8.78 Å². The Morgan fingerprint density at radius 2 is 1.64 bits per heavy atom. The lowest BCUT2D eigenvalue weighted by atomic mass is 9.79. The molecule has 3 rings (SSSR count). The number of rotatable bonds is 3. The maximum atomic E-state index is 14.7. The molecule has 0 atom stereocenters. The van der Waals surface area contributed by atoms with Crippen molar-refractivity contribution < 1.29 is 8.78 Å². The van der Waals surface area contributed by atoms with Gasteiger partial charge in [-0.25, -0.2) is 13.8 Å². The van der Waals surface area contributed by atoms with Gasteiger partial charge in [-0.15, -0.1) is 0 Å². The van der Waals surface area contributed by atoms with Crippen LogP contribution in [0, 0.1) is 5.92 Å². The highest BCUT2D eigenvalue weighted by atomic mass is 35.5. The van der Waals surface area contributed by atoms with Crippen molar-refractivity contribution in [3.8, 4) is 0 Å². The zero-order valence-corrected chi connectivity index (χ0v) is 13.6. The van der Waals surface area contributed by atoms with Crippen molar-refractivity contribution in [3.63, 3.8) is 0 Å². The molecule has 0 bridgehead atoms. The van der Waals surface area contributed by atoms with Gasteiger partial charge < -0.3 is 5.73 Å². The fourth-order valence-corrected chi connectivity index (χ4v) is 4.00. The number of nitrogens with two attached hydrogens (primary N) is 1. The fraction of sp³-hybridized carbons (Fsp3) is 0.667. The molecule has 1 aromatic rings. The van der Waals surface area contributed by atoms with Gasteiger partial charge in [0.05, 0.1) is 0 Å². The number of hydrogen-bond acceptors (Lipinski definition) is 3. The van der Waals surface area contributed by atoms with Gasteiger partial charge in [0, 0.05) is 36.7 Å². The number of hydrogen-bond donors (Lipinski definition) is 1. The molecular formula is C15H19Cl2F2N3. The van der Waals surface area contributed by atoms with E-state index in [0.29, 0.717) is 18.9 Å². The molecule has 0 unspecified atom stereocenters. The van der Waals surface area contributed by atoms with Crippen molar-refractivity contribution in [1.29, 1.82) is 0 Å². The lowest BCUT2D eigenvalue weighted by Crippen LogP contribution is -2.60. The number of alkyl halides is 2. The van der Waals surface area contributed by atoms with Gasteiger partial charge in [-0.1, -0.05) is 23.2 Å². The van der Waals surface area contributed by atoms with E-state index in [-0.39, 0.29) is 21.9 Å². The number of likely N-dealkylation sites (tertiary alicyclic amines) is 1. The smallest absolute Gasteiger partial charge is 0.276 e. The number of nitrogens with zero attached hydrogens (tertiary/aromatic N) is 2. The zero-order valence-electron chi connectivity index (χ0n) is 12.1. The Labute approximate surface area is 138 Å². The summed E-state index contributed by atoms with van der Waals surface area (Å²) in [6.45, 7) is 1.78. The molecule has 0 radical (unpaired) electrons. The fourth-order valence-electron chi connectivity index (χ4n) is 3.54. The third-order valence-electron chi connectivity index (χ3n) is 4.81. The lowest BCUT2D eigenvalue weighted by Gasteiger charge is -2.46. The van der Waals surface area contributed by atoms with Crippen molar-refractivity contribution in [2.45, 2.75) is 43.7 Å². The van der Waals surface area contributed by atoms with Crippen LogP contribution in [0.15, 0.2) is 12.1 Å². The summed E-state index contributed by atoms with van der Waals surface area (Å²) in [5, 5.41) is 0.0101. The Hall–Kier alpha value is -0.490. The highest BCUT2D eigenvalue weighted by Gasteiger charge is 2.44. The average Bonchev–Trinajstić information content (AvgIpc) is 2.43. The average molecular weight is 350 g/mol. The predicted molar refractivity (Wildman–Crippen MR) is 83.4 cm³/mol. The minimum Gasteiger partial charge on any atom is -0.325 e. The second kappa shape index (κ2) is 6.19. The van der Waals surface area contributed by atoms with E-state index in [1.165, 1.54) is 12.1 Å². The molecule has 1 aromatic heterocycles. The Morgan fingerprint density at radius 1 is 1.09 bits per heavy atom. The Bertz CT molecular complexity index is 521. The minimum absolute atomic E-state index is 0.00503. The van der Waals surface area contributed by atoms with E-state index in [9.17, 15) is 8.78 Å². The van der Waals surface area contributed by atoms with Crippen LogP contribution in [-0.4, -0.2) is 35.1 Å².